The fourth-order valence-electron chi connectivity index (χ4n) is 5.66. The molecule has 0 fully saturated rings. The number of rotatable bonds is 24. The van der Waals surface area contributed by atoms with Gasteiger partial charge in [0.2, 0.25) is 0 Å². The molecule has 40 heavy (non-hydrogen) atoms. The smallest absolute Gasteiger partial charge is 0.282 e. The third-order valence-electron chi connectivity index (χ3n) is 8.44. The first-order chi connectivity index (χ1) is 19.1. The van der Waals surface area contributed by atoms with E-state index in [1.54, 1.807) is 12.1 Å². The lowest BCUT2D eigenvalue weighted by atomic mass is 9.77. The molecule has 2 atom stereocenters. The predicted octanol–water partition coefficient (Wildman–Crippen LogP) is 12.1. The zero-order chi connectivity index (χ0) is 30.1. The second-order valence-corrected chi connectivity index (χ2v) is 14.8. The first kappa shape index (κ1) is 39.6. The van der Waals surface area contributed by atoms with Crippen molar-refractivity contribution in [1.29, 1.82) is 0 Å². The fourth-order valence-corrected chi connectivity index (χ4v) is 6.88. The minimum Gasteiger partial charge on any atom is -0.282 e. The third kappa shape index (κ3) is 20.4. The van der Waals surface area contributed by atoms with E-state index in [0.717, 1.165) is 11.5 Å². The van der Waals surface area contributed by atoms with Crippen LogP contribution in [0.5, 0.6) is 0 Å². The molecule has 0 radical (unpaired) electrons. The lowest BCUT2D eigenvalue weighted by molar-refractivity contribution is 0.274. The minimum absolute atomic E-state index is 0.0666. The van der Waals surface area contributed by atoms with Crippen LogP contribution in [-0.2, 0) is 10.1 Å². The second kappa shape index (κ2) is 25.1. The predicted molar refractivity (Wildman–Crippen MR) is 181 cm³/mol. The molecule has 5 heteroatoms. The molecule has 0 bridgehead atoms. The van der Waals surface area contributed by atoms with E-state index in [-0.39, 0.29) is 4.90 Å². The molecule has 1 aromatic rings. The van der Waals surface area contributed by atoms with Gasteiger partial charge in [-0.25, -0.2) is 0 Å². The summed E-state index contributed by atoms with van der Waals surface area (Å²) in [5, 5.41) is 0.527. The average Bonchev–Trinajstić information content (AvgIpc) is 2.93. The van der Waals surface area contributed by atoms with Crippen LogP contribution in [0.4, 0.5) is 0 Å². The summed E-state index contributed by atoms with van der Waals surface area (Å²) < 4.78 is 29.6. The van der Waals surface area contributed by atoms with Gasteiger partial charge in [-0.15, -0.1) is 9.24 Å². The average molecular weight is 599 g/mol. The summed E-state index contributed by atoms with van der Waals surface area (Å²) in [5.41, 5.74) is 0.956. The van der Waals surface area contributed by atoms with Crippen LogP contribution in [0.3, 0.4) is 0 Å². The third-order valence-corrected chi connectivity index (χ3v) is 10.4. The molecule has 236 valence electrons. The van der Waals surface area contributed by atoms with Gasteiger partial charge in [0.25, 0.3) is 10.1 Å². The molecule has 1 rings (SSSR count). The molecule has 1 N–H and O–H groups in total. The second-order valence-electron chi connectivity index (χ2n) is 12.2. The molecule has 2 unspecified atom stereocenters. The van der Waals surface area contributed by atoms with Crippen LogP contribution >= 0.6 is 9.24 Å². The summed E-state index contributed by atoms with van der Waals surface area (Å²) in [7, 11) is -0.627. The molecule has 3 nitrogen and oxygen atoms in total. The van der Waals surface area contributed by atoms with E-state index in [2.05, 4.69) is 36.9 Å². The van der Waals surface area contributed by atoms with Crippen LogP contribution in [0.1, 0.15) is 175 Å². The standard InChI is InChI=1S/C28H59P.C7H8O3S/c1-5-9-13-14-15-16-17-18-19-20-21-22-24-27(23-10-6-2)28(29,25-11-7-3)26-12-8-4;1-6-2-4-7(5-3-6)11(8,9)10/h27H,5-26,29H2,1-4H3;2-5H,1H3,(H,8,9,10). The lowest BCUT2D eigenvalue weighted by Gasteiger charge is -2.39. The summed E-state index contributed by atoms with van der Waals surface area (Å²) in [6, 6.07) is 5.99. The van der Waals surface area contributed by atoms with Gasteiger partial charge in [-0.3, -0.25) is 4.55 Å². The Hall–Kier alpha value is -0.440. The van der Waals surface area contributed by atoms with Gasteiger partial charge >= 0.3 is 0 Å². The normalized spacial score (nSPS) is 12.7. The zero-order valence-corrected chi connectivity index (χ0v) is 29.2. The highest BCUT2D eigenvalue weighted by Gasteiger charge is 2.32. The lowest BCUT2D eigenvalue weighted by Crippen LogP contribution is -2.32. The molecule has 0 spiro atoms. The highest BCUT2D eigenvalue weighted by Crippen LogP contribution is 2.43. The monoisotopic (exact) mass is 598 g/mol. The van der Waals surface area contributed by atoms with Crippen LogP contribution < -0.4 is 0 Å². The van der Waals surface area contributed by atoms with Crippen molar-refractivity contribution in [3.63, 3.8) is 0 Å². The summed E-state index contributed by atoms with van der Waals surface area (Å²) in [5.74, 6) is 0.939. The van der Waals surface area contributed by atoms with Gasteiger partial charge in [0.05, 0.1) is 4.90 Å². The van der Waals surface area contributed by atoms with Crippen LogP contribution in [0.2, 0.25) is 0 Å². The van der Waals surface area contributed by atoms with Crippen LogP contribution in [0.25, 0.3) is 0 Å². The molecule has 0 amide bonds. The molecule has 0 heterocycles. The zero-order valence-electron chi connectivity index (χ0n) is 27.2. The largest absolute Gasteiger partial charge is 0.294 e. The van der Waals surface area contributed by atoms with Gasteiger partial charge in [-0.2, -0.15) is 8.42 Å². The Morgan fingerprint density at radius 2 is 1.00 bits per heavy atom. The van der Waals surface area contributed by atoms with Crippen molar-refractivity contribution in [1.82, 2.24) is 0 Å². The van der Waals surface area contributed by atoms with Crippen LogP contribution in [0.15, 0.2) is 29.2 Å². The minimum atomic E-state index is -4.02. The maximum Gasteiger partial charge on any atom is 0.294 e. The van der Waals surface area contributed by atoms with E-state index in [1.807, 2.05) is 6.92 Å². The Morgan fingerprint density at radius 1 is 0.625 bits per heavy atom. The molecular weight excluding hydrogens is 531 g/mol. The number of hydrogen-bond donors (Lipinski definition) is 1. The Labute approximate surface area is 253 Å². The number of aryl methyl sites for hydroxylation is 1. The highest BCUT2D eigenvalue weighted by molar-refractivity contribution is 7.85. The van der Waals surface area contributed by atoms with E-state index in [0.29, 0.717) is 5.16 Å². The topological polar surface area (TPSA) is 54.4 Å². The first-order valence-electron chi connectivity index (χ1n) is 17.0. The molecule has 1 aromatic carbocycles. The number of benzene rings is 1. The van der Waals surface area contributed by atoms with E-state index >= 15 is 0 Å². The molecule has 0 aromatic heterocycles. The molecule has 0 saturated carbocycles. The van der Waals surface area contributed by atoms with Crippen molar-refractivity contribution < 1.29 is 13.0 Å². The van der Waals surface area contributed by atoms with Crippen molar-refractivity contribution in [2.45, 2.75) is 186 Å². The van der Waals surface area contributed by atoms with Crippen molar-refractivity contribution in [2.75, 3.05) is 0 Å². The van der Waals surface area contributed by atoms with E-state index in [9.17, 15) is 8.42 Å². The SMILES string of the molecule is CCCCCCCCCCCCCCC(CCCC)C(P)(CCCC)CCCC.Cc1ccc(S(=O)(=O)O)cc1. The van der Waals surface area contributed by atoms with E-state index < -0.39 is 10.1 Å². The fraction of sp³-hybridized carbons (Fsp3) is 0.829. The number of hydrogen-bond acceptors (Lipinski definition) is 2. The maximum absolute atomic E-state index is 10.5. The van der Waals surface area contributed by atoms with Gasteiger partial charge in [0.15, 0.2) is 0 Å². The van der Waals surface area contributed by atoms with Gasteiger partial charge in [-0.05, 0) is 55.8 Å². The van der Waals surface area contributed by atoms with Crippen molar-refractivity contribution >= 4 is 19.4 Å². The summed E-state index contributed by atoms with van der Waals surface area (Å²) in [6.07, 6.45) is 31.7. The maximum atomic E-state index is 10.5. The number of unbranched alkanes of at least 4 members (excludes halogenated alkanes) is 14. The molecule has 0 aliphatic carbocycles. The van der Waals surface area contributed by atoms with Crippen LogP contribution in [-0.4, -0.2) is 18.1 Å². The van der Waals surface area contributed by atoms with Gasteiger partial charge < -0.3 is 0 Å². The molecule has 0 aliphatic rings. The molecule has 0 aliphatic heterocycles. The van der Waals surface area contributed by atoms with Crippen molar-refractivity contribution in [2.24, 2.45) is 5.92 Å². The van der Waals surface area contributed by atoms with Crippen LogP contribution in [0, 0.1) is 12.8 Å². The Balaban J connectivity index is 0.00000114. The van der Waals surface area contributed by atoms with Gasteiger partial charge in [-0.1, -0.05) is 161 Å². The molecule has 0 saturated heterocycles. The Morgan fingerprint density at radius 3 is 1.40 bits per heavy atom. The Kier molecular flexibility index (Phi) is 24.8. The van der Waals surface area contributed by atoms with E-state index in [4.69, 9.17) is 4.55 Å². The Bertz CT molecular complexity index is 783. The summed E-state index contributed by atoms with van der Waals surface area (Å²) in [4.78, 5) is -0.0666. The summed E-state index contributed by atoms with van der Waals surface area (Å²) in [6.45, 7) is 11.2. The van der Waals surface area contributed by atoms with Crippen molar-refractivity contribution in [3.8, 4) is 0 Å². The first-order valence-corrected chi connectivity index (χ1v) is 19.0. The molecular formula is C35H67O3PS. The quantitative estimate of drug-likeness (QED) is 0.0731. The van der Waals surface area contributed by atoms with Crippen molar-refractivity contribution in [3.05, 3.63) is 29.8 Å². The summed E-state index contributed by atoms with van der Waals surface area (Å²) >= 11 is 0. The van der Waals surface area contributed by atoms with E-state index in [1.165, 1.54) is 153 Å². The van der Waals surface area contributed by atoms with Gasteiger partial charge in [0.1, 0.15) is 0 Å². The highest BCUT2D eigenvalue weighted by atomic mass is 32.2. The van der Waals surface area contributed by atoms with Gasteiger partial charge in [0, 0.05) is 0 Å².